The molecule has 1 heterocycles. The molecule has 15 heavy (non-hydrogen) atoms. The summed E-state index contributed by atoms with van der Waals surface area (Å²) < 4.78 is 0. The van der Waals surface area contributed by atoms with Crippen molar-refractivity contribution in [2.45, 2.75) is 25.4 Å². The first kappa shape index (κ1) is 12.6. The summed E-state index contributed by atoms with van der Waals surface area (Å²) in [4.78, 5) is 12.2. The maximum absolute atomic E-state index is 10.8. The lowest BCUT2D eigenvalue weighted by Gasteiger charge is -2.39. The second-order valence-electron chi connectivity index (χ2n) is 4.36. The fourth-order valence-electron chi connectivity index (χ4n) is 2.07. The van der Waals surface area contributed by atoms with E-state index in [9.17, 15) is 9.90 Å². The SMILES string of the molecule is CSC[C@](C)(O)[C@H]1CCCN(C(=O)O)C1. The van der Waals surface area contributed by atoms with Crippen molar-refractivity contribution in [1.82, 2.24) is 4.90 Å². The van der Waals surface area contributed by atoms with Gasteiger partial charge in [-0.25, -0.2) is 4.79 Å². The van der Waals surface area contributed by atoms with Gasteiger partial charge in [0.15, 0.2) is 0 Å². The molecule has 0 unspecified atom stereocenters. The normalized spacial score (nSPS) is 26.1. The van der Waals surface area contributed by atoms with Gasteiger partial charge in [0.25, 0.3) is 0 Å². The van der Waals surface area contributed by atoms with Crippen LogP contribution in [0.25, 0.3) is 0 Å². The highest BCUT2D eigenvalue weighted by Crippen LogP contribution is 2.29. The zero-order chi connectivity index (χ0) is 11.5. The number of carbonyl (C=O) groups is 1. The molecule has 0 saturated carbocycles. The summed E-state index contributed by atoms with van der Waals surface area (Å²) in [6.45, 7) is 2.86. The third-order valence-electron chi connectivity index (χ3n) is 3.01. The Bertz CT molecular complexity index is 233. The number of likely N-dealkylation sites (tertiary alicyclic amines) is 1. The Kier molecular flexibility index (Phi) is 4.28. The van der Waals surface area contributed by atoms with Gasteiger partial charge in [0.2, 0.25) is 0 Å². The number of carboxylic acid groups (broad SMARTS) is 1. The van der Waals surface area contributed by atoms with Crippen LogP contribution >= 0.6 is 11.8 Å². The fraction of sp³-hybridized carbons (Fsp3) is 0.900. The summed E-state index contributed by atoms with van der Waals surface area (Å²) >= 11 is 1.60. The molecule has 1 fully saturated rings. The van der Waals surface area contributed by atoms with E-state index in [0.29, 0.717) is 18.8 Å². The van der Waals surface area contributed by atoms with E-state index >= 15 is 0 Å². The molecule has 4 nitrogen and oxygen atoms in total. The Hall–Kier alpha value is -0.420. The minimum absolute atomic E-state index is 0.0646. The van der Waals surface area contributed by atoms with Gasteiger partial charge in [0.1, 0.15) is 0 Å². The van der Waals surface area contributed by atoms with Crippen LogP contribution in [0.1, 0.15) is 19.8 Å². The van der Waals surface area contributed by atoms with E-state index in [1.165, 1.54) is 4.90 Å². The van der Waals surface area contributed by atoms with Crippen LogP contribution in [0.15, 0.2) is 0 Å². The summed E-state index contributed by atoms with van der Waals surface area (Å²) in [5.41, 5.74) is -0.756. The first-order valence-corrected chi connectivity index (χ1v) is 6.56. The highest BCUT2D eigenvalue weighted by atomic mass is 32.2. The fourth-order valence-corrected chi connectivity index (χ4v) is 2.89. The lowest BCUT2D eigenvalue weighted by Crippen LogP contribution is -2.49. The van der Waals surface area contributed by atoms with Crippen molar-refractivity contribution in [1.29, 1.82) is 0 Å². The van der Waals surface area contributed by atoms with Crippen LogP contribution in [-0.4, -0.2) is 51.9 Å². The Morgan fingerprint density at radius 2 is 2.33 bits per heavy atom. The van der Waals surface area contributed by atoms with Crippen molar-refractivity contribution in [3.63, 3.8) is 0 Å². The average Bonchev–Trinajstić information content (AvgIpc) is 2.18. The molecule has 1 saturated heterocycles. The third kappa shape index (κ3) is 3.28. The first-order chi connectivity index (χ1) is 6.97. The van der Waals surface area contributed by atoms with E-state index in [-0.39, 0.29) is 5.92 Å². The van der Waals surface area contributed by atoms with Crippen LogP contribution in [0.5, 0.6) is 0 Å². The topological polar surface area (TPSA) is 60.8 Å². The monoisotopic (exact) mass is 233 g/mol. The summed E-state index contributed by atoms with van der Waals surface area (Å²) in [7, 11) is 0. The zero-order valence-electron chi connectivity index (χ0n) is 9.27. The van der Waals surface area contributed by atoms with Crippen LogP contribution in [0, 0.1) is 5.92 Å². The summed E-state index contributed by atoms with van der Waals surface area (Å²) in [5, 5.41) is 19.1. The number of nitrogens with zero attached hydrogens (tertiary/aromatic N) is 1. The van der Waals surface area contributed by atoms with Crippen molar-refractivity contribution in [2.75, 3.05) is 25.1 Å². The van der Waals surface area contributed by atoms with Gasteiger partial charge < -0.3 is 15.1 Å². The minimum Gasteiger partial charge on any atom is -0.465 e. The maximum atomic E-state index is 10.8. The van der Waals surface area contributed by atoms with Crippen LogP contribution in [0.3, 0.4) is 0 Å². The van der Waals surface area contributed by atoms with E-state index in [1.54, 1.807) is 18.7 Å². The van der Waals surface area contributed by atoms with Crippen LogP contribution in [0.4, 0.5) is 4.79 Å². The van der Waals surface area contributed by atoms with Gasteiger partial charge in [-0.15, -0.1) is 0 Å². The second kappa shape index (κ2) is 5.07. The number of rotatable bonds is 3. The standard InChI is InChI=1S/C10H19NO3S/c1-10(14,7-15-2)8-4-3-5-11(6-8)9(12)13/h8,14H,3-7H2,1-2H3,(H,12,13)/t8-,10-/m0/s1. The molecule has 0 bridgehead atoms. The lowest BCUT2D eigenvalue weighted by molar-refractivity contribution is -0.0106. The molecule has 0 aromatic heterocycles. The molecule has 1 aliphatic heterocycles. The molecule has 1 aliphatic rings. The quantitative estimate of drug-likeness (QED) is 0.775. The van der Waals surface area contributed by atoms with E-state index in [2.05, 4.69) is 0 Å². The smallest absolute Gasteiger partial charge is 0.407 e. The third-order valence-corrected chi connectivity index (χ3v) is 3.88. The highest BCUT2D eigenvalue weighted by molar-refractivity contribution is 7.98. The molecular formula is C10H19NO3S. The van der Waals surface area contributed by atoms with Crippen molar-refractivity contribution in [2.24, 2.45) is 5.92 Å². The number of hydrogen-bond donors (Lipinski definition) is 2. The van der Waals surface area contributed by atoms with Crippen LogP contribution < -0.4 is 0 Å². The number of thioether (sulfide) groups is 1. The molecule has 0 radical (unpaired) electrons. The molecule has 5 heteroatoms. The van der Waals surface area contributed by atoms with Gasteiger partial charge in [-0.1, -0.05) is 0 Å². The largest absolute Gasteiger partial charge is 0.465 e. The maximum Gasteiger partial charge on any atom is 0.407 e. The molecule has 0 spiro atoms. The summed E-state index contributed by atoms with van der Waals surface area (Å²) in [5.74, 6) is 0.722. The molecule has 88 valence electrons. The van der Waals surface area contributed by atoms with Gasteiger partial charge in [0.05, 0.1) is 5.60 Å². The number of piperidine rings is 1. The molecule has 1 amide bonds. The van der Waals surface area contributed by atoms with Crippen LogP contribution in [0.2, 0.25) is 0 Å². The molecular weight excluding hydrogens is 214 g/mol. The first-order valence-electron chi connectivity index (χ1n) is 5.16. The van der Waals surface area contributed by atoms with Crippen LogP contribution in [-0.2, 0) is 0 Å². The minimum atomic E-state index is -0.875. The van der Waals surface area contributed by atoms with Gasteiger partial charge in [0, 0.05) is 24.8 Å². The summed E-state index contributed by atoms with van der Waals surface area (Å²) in [6.07, 6.45) is 2.84. The van der Waals surface area contributed by atoms with Crippen molar-refractivity contribution < 1.29 is 15.0 Å². The number of amides is 1. The Labute approximate surface area is 94.7 Å². The Balaban J connectivity index is 2.59. The predicted molar refractivity (Wildman–Crippen MR) is 61.3 cm³/mol. The lowest BCUT2D eigenvalue weighted by atomic mass is 9.84. The van der Waals surface area contributed by atoms with E-state index < -0.39 is 11.7 Å². The summed E-state index contributed by atoms with van der Waals surface area (Å²) in [6, 6.07) is 0. The predicted octanol–water partition coefficient (Wildman–Crippen LogP) is 1.49. The number of aliphatic hydroxyl groups is 1. The molecule has 2 N–H and O–H groups in total. The molecule has 2 atom stereocenters. The van der Waals surface area contributed by atoms with E-state index in [0.717, 1.165) is 12.8 Å². The van der Waals surface area contributed by atoms with E-state index in [1.807, 2.05) is 6.26 Å². The molecule has 0 aliphatic carbocycles. The average molecular weight is 233 g/mol. The molecule has 1 rings (SSSR count). The van der Waals surface area contributed by atoms with Gasteiger partial charge in [-0.3, -0.25) is 0 Å². The number of hydrogen-bond acceptors (Lipinski definition) is 3. The Morgan fingerprint density at radius 3 is 2.87 bits per heavy atom. The van der Waals surface area contributed by atoms with Crippen molar-refractivity contribution in [3.8, 4) is 0 Å². The highest BCUT2D eigenvalue weighted by Gasteiger charge is 2.35. The van der Waals surface area contributed by atoms with E-state index in [4.69, 9.17) is 5.11 Å². The Morgan fingerprint density at radius 1 is 1.67 bits per heavy atom. The zero-order valence-corrected chi connectivity index (χ0v) is 10.1. The molecule has 0 aromatic rings. The van der Waals surface area contributed by atoms with Gasteiger partial charge in [-0.05, 0) is 26.0 Å². The second-order valence-corrected chi connectivity index (χ2v) is 5.22. The van der Waals surface area contributed by atoms with Crippen molar-refractivity contribution >= 4 is 17.9 Å². The van der Waals surface area contributed by atoms with Gasteiger partial charge in [-0.2, -0.15) is 11.8 Å². The molecule has 0 aromatic carbocycles. The van der Waals surface area contributed by atoms with Gasteiger partial charge >= 0.3 is 6.09 Å². The van der Waals surface area contributed by atoms with Crippen molar-refractivity contribution in [3.05, 3.63) is 0 Å².